The number of anilines is 2. The quantitative estimate of drug-likeness (QED) is 0.647. The molecule has 2 aliphatic heterocycles. The molecule has 3 aromatic rings. The summed E-state index contributed by atoms with van der Waals surface area (Å²) < 4.78 is 0. The largest absolute Gasteiger partial charge is 0.385 e. The van der Waals surface area contributed by atoms with Crippen LogP contribution in [0.5, 0.6) is 0 Å². The fraction of sp³-hybridized carbons (Fsp3) is 0.167. The van der Waals surface area contributed by atoms with Crippen molar-refractivity contribution in [3.05, 3.63) is 89.5 Å². The number of para-hydroxylation sites is 1. The zero-order chi connectivity index (χ0) is 18.9. The number of hydrogen-bond donors (Lipinski definition) is 2. The lowest BCUT2D eigenvalue weighted by atomic mass is 9.90. The van der Waals surface area contributed by atoms with Crippen molar-refractivity contribution in [2.24, 2.45) is 4.99 Å². The molecule has 0 radical (unpaired) electrons. The van der Waals surface area contributed by atoms with Crippen LogP contribution in [0.15, 0.2) is 77.8 Å². The Kier molecular flexibility index (Phi) is 4.17. The molecule has 1 unspecified atom stereocenters. The molecule has 4 nitrogen and oxygen atoms in total. The lowest BCUT2D eigenvalue weighted by Gasteiger charge is -2.18. The number of benzene rings is 3. The molecule has 0 spiro atoms. The number of fused-ring (bicyclic) bond motifs is 2. The Labute approximate surface area is 164 Å². The smallest absolute Gasteiger partial charge is 0.238 e. The minimum Gasteiger partial charge on any atom is -0.385 e. The zero-order valence-corrected chi connectivity index (χ0v) is 15.5. The first-order valence-corrected chi connectivity index (χ1v) is 9.70. The molecule has 4 heteroatoms. The second kappa shape index (κ2) is 6.97. The van der Waals surface area contributed by atoms with Gasteiger partial charge in [-0.2, -0.15) is 0 Å². The molecule has 2 N–H and O–H groups in total. The number of hydrogen-bond acceptors (Lipinski definition) is 3. The van der Waals surface area contributed by atoms with Gasteiger partial charge in [0.05, 0.1) is 11.4 Å². The average molecular weight is 367 g/mol. The Morgan fingerprint density at radius 3 is 2.64 bits per heavy atom. The van der Waals surface area contributed by atoms with Gasteiger partial charge in [0.2, 0.25) is 5.91 Å². The SMILES string of the molecule is O=C1Nc2ccccc2C1C(=Nc1ccc2c(c1)CCCN2)c1ccccc1. The summed E-state index contributed by atoms with van der Waals surface area (Å²) in [6.45, 7) is 1.02. The van der Waals surface area contributed by atoms with E-state index in [1.807, 2.05) is 60.7 Å². The molecule has 0 saturated heterocycles. The topological polar surface area (TPSA) is 53.5 Å². The van der Waals surface area contributed by atoms with Gasteiger partial charge < -0.3 is 10.6 Å². The number of nitrogens with zero attached hydrogens (tertiary/aromatic N) is 1. The monoisotopic (exact) mass is 367 g/mol. The van der Waals surface area contributed by atoms with Gasteiger partial charge in [-0.05, 0) is 53.8 Å². The molecular formula is C24H21N3O. The average Bonchev–Trinajstić information content (AvgIpc) is 3.08. The minimum atomic E-state index is -0.409. The lowest BCUT2D eigenvalue weighted by molar-refractivity contribution is -0.115. The summed E-state index contributed by atoms with van der Waals surface area (Å²) in [5.74, 6) is -0.434. The molecule has 0 aliphatic carbocycles. The maximum Gasteiger partial charge on any atom is 0.238 e. The molecular weight excluding hydrogens is 346 g/mol. The summed E-state index contributed by atoms with van der Waals surface area (Å²) in [6, 6.07) is 24.1. The normalized spacial score (nSPS) is 18.1. The standard InChI is InChI=1S/C24H21N3O/c28-24-22(19-10-4-5-11-21(19)27-24)23(16-7-2-1-3-8-16)26-18-12-13-20-17(15-18)9-6-14-25-20/h1-5,7-8,10-13,15,22,25H,6,9,14H2,(H,27,28). The summed E-state index contributed by atoms with van der Waals surface area (Å²) in [5, 5.41) is 6.44. The second-order valence-corrected chi connectivity index (χ2v) is 7.24. The van der Waals surface area contributed by atoms with Crippen LogP contribution in [-0.4, -0.2) is 18.2 Å². The van der Waals surface area contributed by atoms with Crippen LogP contribution < -0.4 is 10.6 Å². The highest BCUT2D eigenvalue weighted by Crippen LogP contribution is 2.36. The van der Waals surface area contributed by atoms with Crippen LogP contribution in [0.25, 0.3) is 0 Å². The summed E-state index contributed by atoms with van der Waals surface area (Å²) >= 11 is 0. The van der Waals surface area contributed by atoms with Gasteiger partial charge in [0.1, 0.15) is 5.92 Å². The lowest BCUT2D eigenvalue weighted by Crippen LogP contribution is -2.22. The fourth-order valence-electron chi connectivity index (χ4n) is 4.05. The first kappa shape index (κ1) is 16.8. The van der Waals surface area contributed by atoms with E-state index in [1.165, 1.54) is 11.3 Å². The van der Waals surface area contributed by atoms with Crippen molar-refractivity contribution in [2.45, 2.75) is 18.8 Å². The Hall–Kier alpha value is -3.40. The van der Waals surface area contributed by atoms with Crippen molar-refractivity contribution in [1.29, 1.82) is 0 Å². The van der Waals surface area contributed by atoms with Crippen LogP contribution in [0.1, 0.15) is 29.0 Å². The van der Waals surface area contributed by atoms with E-state index in [-0.39, 0.29) is 5.91 Å². The van der Waals surface area contributed by atoms with Crippen LogP contribution in [0, 0.1) is 0 Å². The molecule has 0 saturated carbocycles. The van der Waals surface area contributed by atoms with E-state index in [9.17, 15) is 4.79 Å². The van der Waals surface area contributed by atoms with Gasteiger partial charge in [-0.25, -0.2) is 0 Å². The second-order valence-electron chi connectivity index (χ2n) is 7.24. The Bertz CT molecular complexity index is 1070. The number of aryl methyl sites for hydroxylation is 1. The number of carbonyl (C=O) groups excluding carboxylic acids is 1. The highest BCUT2D eigenvalue weighted by atomic mass is 16.2. The fourth-order valence-corrected chi connectivity index (χ4v) is 4.05. The predicted octanol–water partition coefficient (Wildman–Crippen LogP) is 4.90. The van der Waals surface area contributed by atoms with E-state index in [4.69, 9.17) is 4.99 Å². The van der Waals surface area contributed by atoms with E-state index in [0.29, 0.717) is 0 Å². The third kappa shape index (κ3) is 2.97. The molecule has 0 fully saturated rings. The Morgan fingerprint density at radius 2 is 1.75 bits per heavy atom. The van der Waals surface area contributed by atoms with Crippen molar-refractivity contribution in [1.82, 2.24) is 0 Å². The number of nitrogens with one attached hydrogen (secondary N) is 2. The third-order valence-corrected chi connectivity index (χ3v) is 5.41. The van der Waals surface area contributed by atoms with Crippen molar-refractivity contribution < 1.29 is 4.79 Å². The number of carbonyl (C=O) groups is 1. The van der Waals surface area contributed by atoms with E-state index >= 15 is 0 Å². The predicted molar refractivity (Wildman–Crippen MR) is 114 cm³/mol. The van der Waals surface area contributed by atoms with Crippen LogP contribution >= 0.6 is 0 Å². The van der Waals surface area contributed by atoms with Crippen molar-refractivity contribution in [3.8, 4) is 0 Å². The first-order valence-electron chi connectivity index (χ1n) is 9.70. The van der Waals surface area contributed by atoms with Gasteiger partial charge in [-0.15, -0.1) is 0 Å². The van der Waals surface area contributed by atoms with Crippen LogP contribution in [0.4, 0.5) is 17.1 Å². The highest BCUT2D eigenvalue weighted by Gasteiger charge is 2.35. The van der Waals surface area contributed by atoms with E-state index in [2.05, 4.69) is 22.8 Å². The van der Waals surface area contributed by atoms with E-state index < -0.39 is 5.92 Å². The molecule has 0 bridgehead atoms. The Balaban J connectivity index is 1.64. The zero-order valence-electron chi connectivity index (χ0n) is 15.5. The van der Waals surface area contributed by atoms with Gasteiger partial charge in [0.25, 0.3) is 0 Å². The summed E-state index contributed by atoms with van der Waals surface area (Å²) in [6.07, 6.45) is 2.18. The molecule has 1 atom stereocenters. The minimum absolute atomic E-state index is 0.0246. The molecule has 3 aromatic carbocycles. The van der Waals surface area contributed by atoms with Crippen LogP contribution in [0.3, 0.4) is 0 Å². The van der Waals surface area contributed by atoms with Crippen molar-refractivity contribution in [2.75, 3.05) is 17.2 Å². The van der Waals surface area contributed by atoms with Gasteiger partial charge in [-0.1, -0.05) is 48.5 Å². The van der Waals surface area contributed by atoms with Gasteiger partial charge in [0, 0.05) is 17.9 Å². The highest BCUT2D eigenvalue weighted by molar-refractivity contribution is 6.24. The van der Waals surface area contributed by atoms with E-state index in [1.54, 1.807) is 0 Å². The van der Waals surface area contributed by atoms with Gasteiger partial charge >= 0.3 is 0 Å². The summed E-state index contributed by atoms with van der Waals surface area (Å²) in [7, 11) is 0. The number of amides is 1. The first-order chi connectivity index (χ1) is 13.8. The molecule has 0 aromatic heterocycles. The molecule has 5 rings (SSSR count). The van der Waals surface area contributed by atoms with Gasteiger partial charge in [-0.3, -0.25) is 9.79 Å². The summed E-state index contributed by atoms with van der Waals surface area (Å²) in [4.78, 5) is 17.9. The third-order valence-electron chi connectivity index (χ3n) is 5.41. The van der Waals surface area contributed by atoms with Gasteiger partial charge in [0.15, 0.2) is 0 Å². The Morgan fingerprint density at radius 1 is 0.929 bits per heavy atom. The maximum atomic E-state index is 12.9. The maximum absolute atomic E-state index is 12.9. The summed E-state index contributed by atoms with van der Waals surface area (Å²) in [5.41, 5.74) is 6.97. The molecule has 2 aliphatic rings. The van der Waals surface area contributed by atoms with Crippen molar-refractivity contribution >= 4 is 28.7 Å². The van der Waals surface area contributed by atoms with Crippen molar-refractivity contribution in [3.63, 3.8) is 0 Å². The molecule has 2 heterocycles. The van der Waals surface area contributed by atoms with E-state index in [0.717, 1.165) is 47.6 Å². The van der Waals surface area contributed by atoms with Crippen LogP contribution in [-0.2, 0) is 11.2 Å². The molecule has 138 valence electrons. The number of aliphatic imine (C=N–C) groups is 1. The number of rotatable bonds is 3. The molecule has 28 heavy (non-hydrogen) atoms. The van der Waals surface area contributed by atoms with Crippen LogP contribution in [0.2, 0.25) is 0 Å². The molecule has 1 amide bonds.